The Morgan fingerprint density at radius 2 is 1.34 bits per heavy atom. The number of furan rings is 1. The second kappa shape index (κ2) is 13.1. The summed E-state index contributed by atoms with van der Waals surface area (Å²) in [7, 11) is 0. The quantitative estimate of drug-likeness (QED) is 0.187. The van der Waals surface area contributed by atoms with E-state index in [1.807, 2.05) is 72.9 Å². The molecule has 0 radical (unpaired) electrons. The second-order valence-corrected chi connectivity index (χ2v) is 15.5. The van der Waals surface area contributed by atoms with Gasteiger partial charge in [-0.2, -0.15) is 0 Å². The van der Waals surface area contributed by atoms with E-state index in [0.29, 0.717) is 28.2 Å². The SMILES string of the molecule is CC(C)(C)c1cc(-c2nc(-c3cccc(N(c4ccccn4)c4ccccc4-c4ccccc4)c3)c3oc4ccccc4c3n2)c(O)c(C(C)(C)C)c1. The third-order valence-corrected chi connectivity index (χ3v) is 9.73. The van der Waals surface area contributed by atoms with E-state index in [9.17, 15) is 5.11 Å². The summed E-state index contributed by atoms with van der Waals surface area (Å²) in [5.41, 5.74) is 9.64. The van der Waals surface area contributed by atoms with Gasteiger partial charge in [0.25, 0.3) is 0 Å². The lowest BCUT2D eigenvalue weighted by molar-refractivity contribution is 0.446. The number of anilines is 3. The van der Waals surface area contributed by atoms with E-state index in [1.54, 1.807) is 0 Å². The number of phenols is 1. The molecule has 6 heteroatoms. The Balaban J connectivity index is 1.38. The summed E-state index contributed by atoms with van der Waals surface area (Å²) >= 11 is 0. The summed E-state index contributed by atoms with van der Waals surface area (Å²) < 4.78 is 6.55. The summed E-state index contributed by atoms with van der Waals surface area (Å²) in [5.74, 6) is 1.41. The van der Waals surface area contributed by atoms with Gasteiger partial charge in [-0.1, -0.05) is 126 Å². The van der Waals surface area contributed by atoms with Crippen molar-refractivity contribution in [3.63, 3.8) is 0 Å². The molecule has 3 heterocycles. The summed E-state index contributed by atoms with van der Waals surface area (Å²) in [5, 5.41) is 12.8. The number of aromatic nitrogens is 3. The molecule has 6 nitrogen and oxygen atoms in total. The average molecular weight is 695 g/mol. The maximum Gasteiger partial charge on any atom is 0.180 e. The highest BCUT2D eigenvalue weighted by Crippen LogP contribution is 2.45. The molecule has 0 unspecified atom stereocenters. The lowest BCUT2D eigenvalue weighted by Gasteiger charge is -2.27. The standard InChI is InChI=1S/C47H42N4O2/c1-46(2,3)32-28-36(43(52)37(29-32)47(4,5)6)45-49-41(44-42(50-45)35-22-11-13-24-39(35)53-44)31-19-16-20-33(27-31)51(40-25-14-15-26-48-40)38-23-12-10-21-34(38)30-17-8-7-9-18-30/h7-29,52H,1-6H3. The Morgan fingerprint density at radius 1 is 0.623 bits per heavy atom. The number of phenolic OH excluding ortho intramolecular Hbond substituents is 1. The van der Waals surface area contributed by atoms with E-state index in [4.69, 9.17) is 19.4 Å². The van der Waals surface area contributed by atoms with Crippen molar-refractivity contribution >= 4 is 39.3 Å². The molecule has 0 fully saturated rings. The number of nitrogens with zero attached hydrogens (tertiary/aromatic N) is 4. The Kier molecular flexibility index (Phi) is 8.34. The highest BCUT2D eigenvalue weighted by atomic mass is 16.3. The predicted molar refractivity (Wildman–Crippen MR) is 217 cm³/mol. The highest BCUT2D eigenvalue weighted by Gasteiger charge is 2.28. The van der Waals surface area contributed by atoms with Crippen molar-refractivity contribution in [3.05, 3.63) is 151 Å². The van der Waals surface area contributed by atoms with E-state index < -0.39 is 0 Å². The number of hydrogen-bond acceptors (Lipinski definition) is 6. The molecular formula is C47H42N4O2. The Hall–Kier alpha value is -6.27. The number of pyridine rings is 1. The number of fused-ring (bicyclic) bond motifs is 3. The molecule has 0 saturated heterocycles. The van der Waals surface area contributed by atoms with Crippen LogP contribution in [-0.4, -0.2) is 20.1 Å². The van der Waals surface area contributed by atoms with Crippen LogP contribution in [0.4, 0.5) is 17.2 Å². The van der Waals surface area contributed by atoms with Crippen molar-refractivity contribution < 1.29 is 9.52 Å². The van der Waals surface area contributed by atoms with Crippen LogP contribution < -0.4 is 4.90 Å². The average Bonchev–Trinajstić information content (AvgIpc) is 3.53. The van der Waals surface area contributed by atoms with Gasteiger partial charge in [-0.3, -0.25) is 4.90 Å². The smallest absolute Gasteiger partial charge is 0.180 e. The van der Waals surface area contributed by atoms with Gasteiger partial charge in [0.2, 0.25) is 0 Å². The molecule has 0 aliphatic carbocycles. The van der Waals surface area contributed by atoms with Crippen LogP contribution in [0, 0.1) is 0 Å². The zero-order chi connectivity index (χ0) is 36.9. The molecule has 1 N–H and O–H groups in total. The van der Waals surface area contributed by atoms with E-state index >= 15 is 0 Å². The van der Waals surface area contributed by atoms with Crippen molar-refractivity contribution in [1.82, 2.24) is 15.0 Å². The van der Waals surface area contributed by atoms with E-state index in [-0.39, 0.29) is 16.6 Å². The van der Waals surface area contributed by atoms with Gasteiger partial charge in [-0.25, -0.2) is 15.0 Å². The first-order valence-electron chi connectivity index (χ1n) is 18.0. The van der Waals surface area contributed by atoms with Gasteiger partial charge in [0.05, 0.1) is 11.3 Å². The normalized spacial score (nSPS) is 12.0. The summed E-state index contributed by atoms with van der Waals surface area (Å²) in [6.07, 6.45) is 1.82. The molecule has 0 saturated carbocycles. The molecule has 0 spiro atoms. The zero-order valence-electron chi connectivity index (χ0n) is 30.9. The van der Waals surface area contributed by atoms with Crippen molar-refractivity contribution in [3.8, 4) is 39.5 Å². The number of para-hydroxylation sites is 2. The maximum atomic E-state index is 11.9. The molecule has 0 bridgehead atoms. The lowest BCUT2D eigenvalue weighted by Crippen LogP contribution is -2.17. The molecule has 0 amide bonds. The largest absolute Gasteiger partial charge is 0.507 e. The minimum Gasteiger partial charge on any atom is -0.507 e. The van der Waals surface area contributed by atoms with Gasteiger partial charge in [0.1, 0.15) is 28.4 Å². The van der Waals surface area contributed by atoms with Crippen molar-refractivity contribution in [1.29, 1.82) is 0 Å². The monoisotopic (exact) mass is 694 g/mol. The number of aromatic hydroxyl groups is 1. The number of hydrogen-bond donors (Lipinski definition) is 1. The molecule has 53 heavy (non-hydrogen) atoms. The molecule has 3 aromatic heterocycles. The Labute approximate surface area is 310 Å². The minimum absolute atomic E-state index is 0.170. The third kappa shape index (κ3) is 6.31. The van der Waals surface area contributed by atoms with Gasteiger partial charge < -0.3 is 9.52 Å². The number of rotatable bonds is 6. The molecular weight excluding hydrogens is 653 g/mol. The van der Waals surface area contributed by atoms with Gasteiger partial charge in [-0.15, -0.1) is 0 Å². The van der Waals surface area contributed by atoms with Gasteiger partial charge >= 0.3 is 0 Å². The van der Waals surface area contributed by atoms with Crippen LogP contribution in [-0.2, 0) is 10.8 Å². The maximum absolute atomic E-state index is 11.9. The van der Waals surface area contributed by atoms with Gasteiger partial charge in [0, 0.05) is 34.0 Å². The Morgan fingerprint density at radius 3 is 2.09 bits per heavy atom. The molecule has 0 aliphatic rings. The van der Waals surface area contributed by atoms with E-state index in [2.05, 4.69) is 113 Å². The van der Waals surface area contributed by atoms with Crippen LogP contribution >= 0.6 is 0 Å². The molecule has 262 valence electrons. The van der Waals surface area contributed by atoms with E-state index in [1.165, 1.54) is 0 Å². The second-order valence-electron chi connectivity index (χ2n) is 15.5. The van der Waals surface area contributed by atoms with Crippen LogP contribution in [0.15, 0.2) is 144 Å². The van der Waals surface area contributed by atoms with E-state index in [0.717, 1.165) is 56.0 Å². The third-order valence-electron chi connectivity index (χ3n) is 9.73. The minimum atomic E-state index is -0.311. The van der Waals surface area contributed by atoms with Crippen molar-refractivity contribution in [2.75, 3.05) is 4.90 Å². The van der Waals surface area contributed by atoms with Crippen LogP contribution in [0.25, 0.3) is 55.8 Å². The zero-order valence-corrected chi connectivity index (χ0v) is 30.9. The summed E-state index contributed by atoms with van der Waals surface area (Å²) in [4.78, 5) is 17.4. The summed E-state index contributed by atoms with van der Waals surface area (Å²) in [6.45, 7) is 12.9. The summed E-state index contributed by atoms with van der Waals surface area (Å²) in [6, 6.07) is 45.1. The van der Waals surface area contributed by atoms with Gasteiger partial charge in [-0.05, 0) is 70.5 Å². The van der Waals surface area contributed by atoms with Crippen molar-refractivity contribution in [2.45, 2.75) is 52.4 Å². The first-order chi connectivity index (χ1) is 25.5. The topological polar surface area (TPSA) is 75.3 Å². The molecule has 8 rings (SSSR count). The first-order valence-corrected chi connectivity index (χ1v) is 18.0. The molecule has 0 atom stereocenters. The van der Waals surface area contributed by atoms with Gasteiger partial charge in [0.15, 0.2) is 11.4 Å². The Bertz CT molecular complexity index is 2600. The lowest BCUT2D eigenvalue weighted by atomic mass is 9.79. The molecule has 8 aromatic rings. The van der Waals surface area contributed by atoms with Crippen LogP contribution in [0.1, 0.15) is 52.7 Å². The predicted octanol–water partition coefficient (Wildman–Crippen LogP) is 12.5. The number of benzene rings is 5. The van der Waals surface area contributed by atoms with Crippen LogP contribution in [0.3, 0.4) is 0 Å². The first kappa shape index (κ1) is 33.9. The molecule has 0 aliphatic heterocycles. The fourth-order valence-electron chi connectivity index (χ4n) is 6.92. The van der Waals surface area contributed by atoms with Crippen LogP contribution in [0.5, 0.6) is 5.75 Å². The van der Waals surface area contributed by atoms with Crippen molar-refractivity contribution in [2.24, 2.45) is 0 Å². The van der Waals surface area contributed by atoms with Crippen LogP contribution in [0.2, 0.25) is 0 Å². The highest BCUT2D eigenvalue weighted by molar-refractivity contribution is 6.07. The fraction of sp³-hybridized carbons (Fsp3) is 0.170. The fourth-order valence-corrected chi connectivity index (χ4v) is 6.92. The molecule has 5 aromatic carbocycles.